The first-order chi connectivity index (χ1) is 13.1. The van der Waals surface area contributed by atoms with E-state index in [2.05, 4.69) is 15.5 Å². The third kappa shape index (κ3) is 4.63. The number of thiocarbonyl (C=S) groups is 1. The molecule has 0 unspecified atom stereocenters. The van der Waals surface area contributed by atoms with Crippen LogP contribution in [-0.2, 0) is 9.47 Å². The van der Waals surface area contributed by atoms with Gasteiger partial charge in [-0.1, -0.05) is 0 Å². The number of benzene rings is 1. The van der Waals surface area contributed by atoms with Crippen LogP contribution in [0, 0.1) is 0 Å². The van der Waals surface area contributed by atoms with Crippen LogP contribution in [0.5, 0.6) is 0 Å². The fourth-order valence-electron chi connectivity index (χ4n) is 2.69. The molecular weight excluding hydrogens is 370 g/mol. The van der Waals surface area contributed by atoms with Crippen LogP contribution in [0.4, 0.5) is 11.4 Å². The molecule has 0 radical (unpaired) electrons. The molecule has 1 aromatic heterocycles. The van der Waals surface area contributed by atoms with Gasteiger partial charge in [-0.05, 0) is 42.5 Å². The molecule has 0 spiro atoms. The van der Waals surface area contributed by atoms with Crippen molar-refractivity contribution >= 4 is 40.6 Å². The minimum absolute atomic E-state index is 0.0907. The first-order valence-corrected chi connectivity index (χ1v) is 8.70. The van der Waals surface area contributed by atoms with Gasteiger partial charge < -0.3 is 24.1 Å². The van der Waals surface area contributed by atoms with E-state index < -0.39 is 11.9 Å². The van der Waals surface area contributed by atoms with Gasteiger partial charge in [-0.25, -0.2) is 4.79 Å². The molecule has 3 rings (SSSR count). The largest absolute Gasteiger partial charge is 0.465 e. The van der Waals surface area contributed by atoms with E-state index in [4.69, 9.17) is 26.1 Å². The molecular formula is C18H19N3O5S. The first-order valence-electron chi connectivity index (χ1n) is 8.29. The summed E-state index contributed by atoms with van der Waals surface area (Å²) in [7, 11) is 1.32. The van der Waals surface area contributed by atoms with E-state index in [1.165, 1.54) is 19.4 Å². The van der Waals surface area contributed by atoms with Gasteiger partial charge in [-0.3, -0.25) is 10.1 Å². The lowest BCUT2D eigenvalue weighted by atomic mass is 10.1. The van der Waals surface area contributed by atoms with Gasteiger partial charge in [0.2, 0.25) is 0 Å². The number of anilines is 2. The van der Waals surface area contributed by atoms with Gasteiger partial charge in [0, 0.05) is 13.1 Å². The quantitative estimate of drug-likeness (QED) is 0.606. The molecule has 142 valence electrons. The summed E-state index contributed by atoms with van der Waals surface area (Å²) in [4.78, 5) is 26.1. The van der Waals surface area contributed by atoms with Crippen LogP contribution in [-0.4, -0.2) is 50.4 Å². The molecule has 0 atom stereocenters. The Morgan fingerprint density at radius 1 is 1.22 bits per heavy atom. The number of hydrogen-bond donors (Lipinski definition) is 2. The Balaban J connectivity index is 1.80. The van der Waals surface area contributed by atoms with Crippen LogP contribution in [0.25, 0.3) is 0 Å². The summed E-state index contributed by atoms with van der Waals surface area (Å²) in [5.41, 5.74) is 1.81. The van der Waals surface area contributed by atoms with Crippen LogP contribution < -0.4 is 15.5 Å². The Kier molecular flexibility index (Phi) is 6.05. The van der Waals surface area contributed by atoms with E-state index in [9.17, 15) is 9.59 Å². The predicted octanol–water partition coefficient (Wildman–Crippen LogP) is 2.03. The highest BCUT2D eigenvalue weighted by Crippen LogP contribution is 2.28. The number of esters is 1. The normalized spacial score (nSPS) is 13.7. The number of methoxy groups -OCH3 is 1. The molecule has 0 aliphatic carbocycles. The fraction of sp³-hybridized carbons (Fsp3) is 0.278. The lowest BCUT2D eigenvalue weighted by molar-refractivity contribution is 0.0600. The molecule has 1 saturated heterocycles. The van der Waals surface area contributed by atoms with E-state index in [0.29, 0.717) is 37.6 Å². The van der Waals surface area contributed by atoms with Crippen molar-refractivity contribution in [3.63, 3.8) is 0 Å². The van der Waals surface area contributed by atoms with Crippen molar-refractivity contribution in [3.05, 3.63) is 47.9 Å². The van der Waals surface area contributed by atoms with Crippen LogP contribution >= 0.6 is 12.2 Å². The van der Waals surface area contributed by atoms with Crippen molar-refractivity contribution in [2.24, 2.45) is 0 Å². The molecule has 1 aliphatic rings. The maximum atomic E-state index is 12.1. The van der Waals surface area contributed by atoms with Crippen LogP contribution in [0.3, 0.4) is 0 Å². The number of furan rings is 1. The number of nitrogens with zero attached hydrogens (tertiary/aromatic N) is 1. The van der Waals surface area contributed by atoms with Crippen molar-refractivity contribution in [3.8, 4) is 0 Å². The smallest absolute Gasteiger partial charge is 0.337 e. The van der Waals surface area contributed by atoms with Gasteiger partial charge in [0.05, 0.1) is 43.5 Å². The van der Waals surface area contributed by atoms with Crippen LogP contribution in [0.15, 0.2) is 41.0 Å². The summed E-state index contributed by atoms with van der Waals surface area (Å²) < 4.78 is 15.2. The third-order valence-electron chi connectivity index (χ3n) is 3.99. The second kappa shape index (κ2) is 8.65. The minimum atomic E-state index is -0.463. The Morgan fingerprint density at radius 3 is 2.67 bits per heavy atom. The van der Waals surface area contributed by atoms with E-state index in [0.717, 1.165) is 5.69 Å². The topological polar surface area (TPSA) is 93.0 Å². The average molecular weight is 389 g/mol. The number of ether oxygens (including phenoxy) is 2. The highest BCUT2D eigenvalue weighted by molar-refractivity contribution is 7.80. The minimum Gasteiger partial charge on any atom is -0.465 e. The van der Waals surface area contributed by atoms with E-state index in [-0.39, 0.29) is 10.9 Å². The Hall–Kier alpha value is -2.91. The molecule has 2 aromatic rings. The third-order valence-corrected chi connectivity index (χ3v) is 4.19. The molecule has 1 aliphatic heterocycles. The van der Waals surface area contributed by atoms with Gasteiger partial charge in [0.25, 0.3) is 5.91 Å². The van der Waals surface area contributed by atoms with Gasteiger partial charge >= 0.3 is 5.97 Å². The number of nitrogens with one attached hydrogen (secondary N) is 2. The SMILES string of the molecule is COC(=O)c1ccc(N2CCOCC2)c(NC(=S)NC(=O)c2ccco2)c1. The van der Waals surface area contributed by atoms with Crippen molar-refractivity contribution < 1.29 is 23.5 Å². The molecule has 0 saturated carbocycles. The van der Waals surface area contributed by atoms with Crippen molar-refractivity contribution in [2.75, 3.05) is 43.6 Å². The summed E-state index contributed by atoms with van der Waals surface area (Å²) in [5, 5.41) is 5.63. The number of carbonyl (C=O) groups excluding carboxylic acids is 2. The molecule has 1 aromatic carbocycles. The highest BCUT2D eigenvalue weighted by Gasteiger charge is 2.19. The summed E-state index contributed by atoms with van der Waals surface area (Å²) in [5.74, 6) is -0.775. The Labute approximate surface area is 161 Å². The van der Waals surface area contributed by atoms with Gasteiger partial charge in [-0.15, -0.1) is 0 Å². The maximum Gasteiger partial charge on any atom is 0.337 e. The molecule has 0 bridgehead atoms. The summed E-state index contributed by atoms with van der Waals surface area (Å²) in [6.07, 6.45) is 1.40. The second-order valence-electron chi connectivity index (χ2n) is 5.71. The van der Waals surface area contributed by atoms with Gasteiger partial charge in [-0.2, -0.15) is 0 Å². The number of carbonyl (C=O) groups is 2. The molecule has 2 heterocycles. The number of morpholine rings is 1. The molecule has 1 fully saturated rings. The maximum absolute atomic E-state index is 12.1. The molecule has 1 amide bonds. The van der Waals surface area contributed by atoms with Crippen LogP contribution in [0.2, 0.25) is 0 Å². The van der Waals surface area contributed by atoms with Crippen molar-refractivity contribution in [2.45, 2.75) is 0 Å². The predicted molar refractivity (Wildman–Crippen MR) is 103 cm³/mol. The molecule has 27 heavy (non-hydrogen) atoms. The van der Waals surface area contributed by atoms with Crippen molar-refractivity contribution in [1.29, 1.82) is 0 Å². The Morgan fingerprint density at radius 2 is 2.00 bits per heavy atom. The van der Waals surface area contributed by atoms with Crippen molar-refractivity contribution in [1.82, 2.24) is 5.32 Å². The fourth-order valence-corrected chi connectivity index (χ4v) is 2.89. The van der Waals surface area contributed by atoms with Crippen LogP contribution in [0.1, 0.15) is 20.9 Å². The molecule has 8 nitrogen and oxygen atoms in total. The van der Waals surface area contributed by atoms with E-state index >= 15 is 0 Å². The highest BCUT2D eigenvalue weighted by atomic mass is 32.1. The molecule has 9 heteroatoms. The van der Waals surface area contributed by atoms with E-state index in [1.54, 1.807) is 18.2 Å². The average Bonchev–Trinajstić information content (AvgIpc) is 3.23. The summed E-state index contributed by atoms with van der Waals surface area (Å²) >= 11 is 5.24. The zero-order valence-corrected chi connectivity index (χ0v) is 15.5. The summed E-state index contributed by atoms with van der Waals surface area (Å²) in [6.45, 7) is 2.63. The zero-order chi connectivity index (χ0) is 19.2. The van der Waals surface area contributed by atoms with E-state index in [1.807, 2.05) is 6.07 Å². The summed E-state index contributed by atoms with van der Waals surface area (Å²) in [6, 6.07) is 8.29. The lowest BCUT2D eigenvalue weighted by Crippen LogP contribution is -2.38. The van der Waals surface area contributed by atoms with Gasteiger partial charge in [0.15, 0.2) is 10.9 Å². The molecule has 2 N–H and O–H groups in total. The number of rotatable bonds is 4. The zero-order valence-electron chi connectivity index (χ0n) is 14.7. The van der Waals surface area contributed by atoms with Gasteiger partial charge in [0.1, 0.15) is 0 Å². The lowest BCUT2D eigenvalue weighted by Gasteiger charge is -2.31. The first kappa shape index (κ1) is 18.9. The second-order valence-corrected chi connectivity index (χ2v) is 6.12. The number of amides is 1. The number of hydrogen-bond acceptors (Lipinski definition) is 7. The Bertz CT molecular complexity index is 832. The standard InChI is InChI=1S/C18H19N3O5S/c1-24-17(23)12-4-5-14(21-6-9-25-10-7-21)13(11-12)19-18(27)20-16(22)15-3-2-8-26-15/h2-5,8,11H,6-7,9-10H2,1H3,(H2,19,20,22,27). The monoisotopic (exact) mass is 389 g/mol.